The molecule has 0 N–H and O–H groups in total. The molecule has 0 saturated heterocycles. The molecule has 1 unspecified atom stereocenters. The fraction of sp³-hybridized carbons (Fsp3) is 0.423. The molecule has 9 heteroatoms. The van der Waals surface area contributed by atoms with E-state index in [1.165, 1.54) is 17.6 Å². The van der Waals surface area contributed by atoms with E-state index in [4.69, 9.17) is 25.8 Å². The van der Waals surface area contributed by atoms with Crippen molar-refractivity contribution in [3.05, 3.63) is 82.4 Å². The number of aromatic nitrogens is 1. The van der Waals surface area contributed by atoms with E-state index in [0.29, 0.717) is 16.5 Å². The number of methoxy groups -OCH3 is 3. The van der Waals surface area contributed by atoms with Gasteiger partial charge in [0.2, 0.25) is 10.0 Å². The smallest absolute Gasteiger partial charge is 0.220 e. The SMILES string of the molecule is COC1=CC=C(CN(Cc2ccc(OC)cc2)S(=O)(=O)[C@H](C)[C@@H](OC)c2ccc(Cl)cn2)CC1C. The maximum atomic E-state index is 14.0. The first-order chi connectivity index (χ1) is 16.7. The molecule has 35 heavy (non-hydrogen) atoms. The van der Waals surface area contributed by atoms with Crippen LogP contribution in [0.5, 0.6) is 5.75 Å². The number of sulfonamides is 1. The molecule has 0 fully saturated rings. The number of pyridine rings is 1. The van der Waals surface area contributed by atoms with Gasteiger partial charge >= 0.3 is 0 Å². The molecule has 1 aromatic heterocycles. The first-order valence-corrected chi connectivity index (χ1v) is 13.3. The van der Waals surface area contributed by atoms with Crippen molar-refractivity contribution in [2.75, 3.05) is 27.9 Å². The molecule has 0 radical (unpaired) electrons. The van der Waals surface area contributed by atoms with Crippen molar-refractivity contribution in [3.8, 4) is 5.75 Å². The van der Waals surface area contributed by atoms with E-state index in [9.17, 15) is 8.42 Å². The lowest BCUT2D eigenvalue weighted by atomic mass is 9.94. The molecule has 3 rings (SSSR count). The first-order valence-electron chi connectivity index (χ1n) is 11.4. The summed E-state index contributed by atoms with van der Waals surface area (Å²) in [6.45, 7) is 4.21. The van der Waals surface area contributed by atoms with Crippen LogP contribution in [0.25, 0.3) is 0 Å². The number of allylic oxidation sites excluding steroid dienone is 3. The zero-order valence-corrected chi connectivity index (χ0v) is 22.3. The molecule has 1 aromatic carbocycles. The molecule has 0 saturated carbocycles. The van der Waals surface area contributed by atoms with Crippen LogP contribution in [-0.4, -0.2) is 50.8 Å². The molecule has 1 aliphatic rings. The highest BCUT2D eigenvalue weighted by atomic mass is 35.5. The highest BCUT2D eigenvalue weighted by Gasteiger charge is 2.37. The summed E-state index contributed by atoms with van der Waals surface area (Å²) in [5.41, 5.74) is 2.38. The van der Waals surface area contributed by atoms with Crippen LogP contribution in [0.15, 0.2) is 66.1 Å². The third kappa shape index (κ3) is 6.64. The Balaban J connectivity index is 1.94. The average molecular weight is 521 g/mol. The van der Waals surface area contributed by atoms with E-state index >= 15 is 0 Å². The van der Waals surface area contributed by atoms with Crippen molar-refractivity contribution in [2.45, 2.75) is 38.2 Å². The van der Waals surface area contributed by atoms with Gasteiger partial charge in [0, 0.05) is 32.3 Å². The third-order valence-corrected chi connectivity index (χ3v) is 8.61. The summed E-state index contributed by atoms with van der Waals surface area (Å²) in [4.78, 5) is 4.30. The van der Waals surface area contributed by atoms with Gasteiger partial charge in [-0.2, -0.15) is 4.31 Å². The number of nitrogens with zero attached hydrogens (tertiary/aromatic N) is 2. The summed E-state index contributed by atoms with van der Waals surface area (Å²) < 4.78 is 45.8. The molecule has 3 atom stereocenters. The number of halogens is 1. The molecule has 0 bridgehead atoms. The zero-order valence-electron chi connectivity index (χ0n) is 20.8. The van der Waals surface area contributed by atoms with E-state index < -0.39 is 21.4 Å². The predicted octanol–water partition coefficient (Wildman–Crippen LogP) is 5.15. The van der Waals surface area contributed by atoms with Crippen molar-refractivity contribution in [1.82, 2.24) is 9.29 Å². The van der Waals surface area contributed by atoms with Crippen LogP contribution in [0.1, 0.15) is 37.6 Å². The van der Waals surface area contributed by atoms with E-state index in [2.05, 4.69) is 11.9 Å². The number of rotatable bonds is 11. The van der Waals surface area contributed by atoms with Crippen molar-refractivity contribution in [1.29, 1.82) is 0 Å². The molecule has 0 amide bonds. The predicted molar refractivity (Wildman–Crippen MR) is 138 cm³/mol. The van der Waals surface area contributed by atoms with Gasteiger partial charge in [-0.25, -0.2) is 8.42 Å². The van der Waals surface area contributed by atoms with Gasteiger partial charge < -0.3 is 14.2 Å². The molecule has 0 spiro atoms. The Hall–Kier alpha value is -2.39. The average Bonchev–Trinajstić information content (AvgIpc) is 2.85. The first kappa shape index (κ1) is 27.2. The summed E-state index contributed by atoms with van der Waals surface area (Å²) >= 11 is 5.97. The van der Waals surface area contributed by atoms with E-state index in [1.54, 1.807) is 33.3 Å². The normalized spacial score (nSPS) is 18.0. The highest BCUT2D eigenvalue weighted by Crippen LogP contribution is 2.31. The summed E-state index contributed by atoms with van der Waals surface area (Å²) in [5.74, 6) is 1.78. The van der Waals surface area contributed by atoms with Gasteiger partial charge in [0.1, 0.15) is 17.1 Å². The Morgan fingerprint density at radius 2 is 1.77 bits per heavy atom. The van der Waals surface area contributed by atoms with Crippen LogP contribution in [0, 0.1) is 5.92 Å². The van der Waals surface area contributed by atoms with Gasteiger partial charge in [0.25, 0.3) is 0 Å². The minimum atomic E-state index is -3.81. The minimum absolute atomic E-state index is 0.174. The Kier molecular flexibility index (Phi) is 9.35. The number of ether oxygens (including phenoxy) is 3. The molecule has 7 nitrogen and oxygen atoms in total. The topological polar surface area (TPSA) is 78.0 Å². The lowest BCUT2D eigenvalue weighted by molar-refractivity contribution is 0.0971. The van der Waals surface area contributed by atoms with E-state index in [-0.39, 0.29) is 19.0 Å². The van der Waals surface area contributed by atoms with Crippen LogP contribution in [0.2, 0.25) is 5.02 Å². The third-order valence-electron chi connectivity index (χ3n) is 6.22. The zero-order chi connectivity index (χ0) is 25.6. The highest BCUT2D eigenvalue weighted by molar-refractivity contribution is 7.89. The fourth-order valence-corrected chi connectivity index (χ4v) is 6.03. The van der Waals surface area contributed by atoms with Gasteiger partial charge in [-0.3, -0.25) is 4.98 Å². The second-order valence-electron chi connectivity index (χ2n) is 8.63. The van der Waals surface area contributed by atoms with Crippen molar-refractivity contribution < 1.29 is 22.6 Å². The number of hydrogen-bond donors (Lipinski definition) is 0. The molecule has 2 aromatic rings. The van der Waals surface area contributed by atoms with Crippen LogP contribution in [0.3, 0.4) is 0 Å². The molecule has 1 aliphatic carbocycles. The fourth-order valence-electron chi connectivity index (χ4n) is 4.21. The van der Waals surface area contributed by atoms with Crippen molar-refractivity contribution in [2.24, 2.45) is 5.92 Å². The molecule has 190 valence electrons. The molecular weight excluding hydrogens is 488 g/mol. The second kappa shape index (κ2) is 12.0. The van der Waals surface area contributed by atoms with Crippen molar-refractivity contribution in [3.63, 3.8) is 0 Å². The standard InChI is InChI=1S/C26H33ClN2O5S/c1-18-14-21(8-13-25(18)33-4)17-29(16-20-6-10-23(32-3)11-7-20)35(30,31)19(2)26(34-5)24-12-9-22(27)15-28-24/h6-13,15,18-19,26H,14,16-17H2,1-5H3/t18?,19-,26-/m1/s1. The summed E-state index contributed by atoms with van der Waals surface area (Å²) in [6, 6.07) is 10.8. The summed E-state index contributed by atoms with van der Waals surface area (Å²) in [5, 5.41) is -0.409. The second-order valence-corrected chi connectivity index (χ2v) is 11.4. The molecule has 1 heterocycles. The van der Waals surface area contributed by atoms with E-state index in [1.807, 2.05) is 36.4 Å². The Labute approximate surface area is 213 Å². The quantitative estimate of drug-likeness (QED) is 0.408. The Morgan fingerprint density at radius 1 is 1.06 bits per heavy atom. The van der Waals surface area contributed by atoms with Gasteiger partial charge in [-0.1, -0.05) is 42.3 Å². The van der Waals surface area contributed by atoms with Crippen molar-refractivity contribution >= 4 is 21.6 Å². The Morgan fingerprint density at radius 3 is 2.31 bits per heavy atom. The van der Waals surface area contributed by atoms with Crippen LogP contribution in [-0.2, 0) is 26.0 Å². The van der Waals surface area contributed by atoms with Gasteiger partial charge in [0.15, 0.2) is 0 Å². The monoisotopic (exact) mass is 520 g/mol. The van der Waals surface area contributed by atoms with Gasteiger partial charge in [-0.15, -0.1) is 0 Å². The maximum absolute atomic E-state index is 14.0. The molecular formula is C26H33ClN2O5S. The van der Waals surface area contributed by atoms with Gasteiger partial charge in [-0.05, 0) is 49.2 Å². The van der Waals surface area contributed by atoms with Crippen LogP contribution >= 0.6 is 11.6 Å². The van der Waals surface area contributed by atoms with Crippen LogP contribution in [0.4, 0.5) is 0 Å². The number of hydrogen-bond acceptors (Lipinski definition) is 6. The minimum Gasteiger partial charge on any atom is -0.501 e. The van der Waals surface area contributed by atoms with Crippen LogP contribution < -0.4 is 4.74 Å². The van der Waals surface area contributed by atoms with Gasteiger partial charge in [0.05, 0.1) is 30.7 Å². The lowest BCUT2D eigenvalue weighted by Gasteiger charge is -2.31. The summed E-state index contributed by atoms with van der Waals surface area (Å²) in [7, 11) is 0.931. The maximum Gasteiger partial charge on any atom is 0.220 e. The summed E-state index contributed by atoms with van der Waals surface area (Å²) in [6.07, 6.45) is 5.32. The largest absolute Gasteiger partial charge is 0.501 e. The Bertz CT molecular complexity index is 1150. The number of benzene rings is 1. The molecule has 0 aliphatic heterocycles. The lowest BCUT2D eigenvalue weighted by Crippen LogP contribution is -2.41. The van der Waals surface area contributed by atoms with E-state index in [0.717, 1.165) is 23.3 Å².